The Labute approximate surface area is 133 Å². The number of methoxy groups -OCH3 is 1. The molecule has 0 atom stereocenters. The maximum atomic E-state index is 9.55. The summed E-state index contributed by atoms with van der Waals surface area (Å²) >= 11 is 0. The first-order chi connectivity index (χ1) is 11.3. The topological polar surface area (TPSA) is 79.9 Å². The Balaban J connectivity index is 1.66. The number of benzene rings is 2. The van der Waals surface area contributed by atoms with E-state index in [0.29, 0.717) is 5.75 Å². The van der Waals surface area contributed by atoms with Crippen molar-refractivity contribution < 1.29 is 14.3 Å². The second-order valence-corrected chi connectivity index (χ2v) is 4.74. The van der Waals surface area contributed by atoms with Crippen molar-refractivity contribution >= 4 is 11.9 Å². The minimum atomic E-state index is 0.0978. The van der Waals surface area contributed by atoms with Gasteiger partial charge in [-0.25, -0.2) is 4.98 Å². The summed E-state index contributed by atoms with van der Waals surface area (Å²) < 4.78 is 10.3. The van der Waals surface area contributed by atoms with Gasteiger partial charge in [-0.3, -0.25) is 5.43 Å². The van der Waals surface area contributed by atoms with Crippen molar-refractivity contribution in [1.29, 1.82) is 0 Å². The molecule has 6 nitrogen and oxygen atoms in total. The van der Waals surface area contributed by atoms with Gasteiger partial charge in [0.15, 0.2) is 23.7 Å². The van der Waals surface area contributed by atoms with Crippen LogP contribution in [-0.4, -0.2) is 23.4 Å². The maximum absolute atomic E-state index is 9.55. The summed E-state index contributed by atoms with van der Waals surface area (Å²) in [4.78, 5) is 3.89. The molecular weight excluding hydrogens is 294 g/mol. The highest BCUT2D eigenvalue weighted by atomic mass is 16.5. The fourth-order valence-corrected chi connectivity index (χ4v) is 2.02. The third-order valence-corrected chi connectivity index (χ3v) is 3.21. The summed E-state index contributed by atoms with van der Waals surface area (Å²) in [6.45, 7) is 0. The minimum absolute atomic E-state index is 0.0978. The number of aromatic hydroxyl groups is 1. The second-order valence-electron chi connectivity index (χ2n) is 4.74. The third kappa shape index (κ3) is 3.49. The van der Waals surface area contributed by atoms with Crippen LogP contribution >= 0.6 is 0 Å². The number of phenolic OH excluding ortho intramolecular Hbond substituents is 1. The van der Waals surface area contributed by atoms with Crippen LogP contribution in [0, 0.1) is 0 Å². The summed E-state index contributed by atoms with van der Waals surface area (Å²) in [7, 11) is 1.50. The van der Waals surface area contributed by atoms with Crippen LogP contribution in [0.2, 0.25) is 0 Å². The molecule has 23 heavy (non-hydrogen) atoms. The number of nitrogens with zero attached hydrogens (tertiary/aromatic N) is 2. The first kappa shape index (κ1) is 14.6. The van der Waals surface area contributed by atoms with E-state index >= 15 is 0 Å². The molecule has 0 fully saturated rings. The van der Waals surface area contributed by atoms with Crippen molar-refractivity contribution in [3.8, 4) is 22.8 Å². The van der Waals surface area contributed by atoms with Gasteiger partial charge in [-0.2, -0.15) is 5.10 Å². The number of phenols is 1. The van der Waals surface area contributed by atoms with E-state index in [9.17, 15) is 5.11 Å². The molecule has 1 heterocycles. The van der Waals surface area contributed by atoms with Crippen molar-refractivity contribution in [3.05, 3.63) is 60.6 Å². The number of hydrazone groups is 1. The number of anilines is 1. The van der Waals surface area contributed by atoms with E-state index in [1.807, 2.05) is 24.3 Å². The summed E-state index contributed by atoms with van der Waals surface area (Å²) in [5, 5.41) is 13.7. The highest BCUT2D eigenvalue weighted by molar-refractivity contribution is 5.81. The molecule has 0 radical (unpaired) electrons. The number of ether oxygens (including phenoxy) is 1. The molecule has 116 valence electrons. The molecule has 2 aromatic carbocycles. The molecule has 1 aromatic heterocycles. The fraction of sp³-hybridized carbons (Fsp3) is 0.0588. The fourth-order valence-electron chi connectivity index (χ4n) is 2.02. The Morgan fingerprint density at radius 3 is 2.74 bits per heavy atom. The normalized spacial score (nSPS) is 10.8. The standard InChI is InChI=1S/C17H15N3O3/c1-22-16-8-12(2-7-15(16)21)9-19-20-14-5-3-13(4-6-14)17-10-18-11-23-17/h2-11,20-21H,1H3. The Morgan fingerprint density at radius 2 is 2.04 bits per heavy atom. The third-order valence-electron chi connectivity index (χ3n) is 3.21. The van der Waals surface area contributed by atoms with Gasteiger partial charge in [-0.05, 0) is 48.0 Å². The average molecular weight is 309 g/mol. The zero-order chi connectivity index (χ0) is 16.1. The van der Waals surface area contributed by atoms with E-state index in [4.69, 9.17) is 9.15 Å². The molecule has 0 aliphatic rings. The molecule has 0 saturated heterocycles. The first-order valence-electron chi connectivity index (χ1n) is 6.91. The van der Waals surface area contributed by atoms with Crippen molar-refractivity contribution in [2.45, 2.75) is 0 Å². The predicted octanol–water partition coefficient (Wildman–Crippen LogP) is 3.50. The molecule has 0 unspecified atom stereocenters. The molecule has 0 bridgehead atoms. The lowest BCUT2D eigenvalue weighted by molar-refractivity contribution is 0.373. The Hall–Kier alpha value is -3.28. The smallest absolute Gasteiger partial charge is 0.181 e. The van der Waals surface area contributed by atoms with Gasteiger partial charge in [0, 0.05) is 5.56 Å². The van der Waals surface area contributed by atoms with Crippen LogP contribution in [0.5, 0.6) is 11.5 Å². The highest BCUT2D eigenvalue weighted by Crippen LogP contribution is 2.25. The van der Waals surface area contributed by atoms with Crippen molar-refractivity contribution in [3.63, 3.8) is 0 Å². The lowest BCUT2D eigenvalue weighted by Gasteiger charge is -2.04. The lowest BCUT2D eigenvalue weighted by Crippen LogP contribution is -1.91. The number of nitrogens with one attached hydrogen (secondary N) is 1. The molecule has 2 N–H and O–H groups in total. The second kappa shape index (κ2) is 6.65. The zero-order valence-corrected chi connectivity index (χ0v) is 12.4. The molecule has 6 heteroatoms. The van der Waals surface area contributed by atoms with Crippen LogP contribution < -0.4 is 10.2 Å². The Kier molecular flexibility index (Phi) is 4.24. The summed E-state index contributed by atoms with van der Waals surface area (Å²) in [6.07, 6.45) is 4.71. The number of hydrogen-bond donors (Lipinski definition) is 2. The number of aromatic nitrogens is 1. The van der Waals surface area contributed by atoms with Gasteiger partial charge in [0.2, 0.25) is 0 Å². The van der Waals surface area contributed by atoms with Gasteiger partial charge >= 0.3 is 0 Å². The predicted molar refractivity (Wildman–Crippen MR) is 87.8 cm³/mol. The quantitative estimate of drug-likeness (QED) is 0.557. The van der Waals surface area contributed by atoms with Crippen molar-refractivity contribution in [2.24, 2.45) is 5.10 Å². The molecule has 0 amide bonds. The largest absolute Gasteiger partial charge is 0.504 e. The molecule has 3 rings (SSSR count). The number of oxazole rings is 1. The van der Waals surface area contributed by atoms with E-state index in [0.717, 1.165) is 22.6 Å². The van der Waals surface area contributed by atoms with Crippen LogP contribution in [-0.2, 0) is 0 Å². The molecule has 0 aliphatic carbocycles. The van der Waals surface area contributed by atoms with Gasteiger partial charge in [0.25, 0.3) is 0 Å². The Morgan fingerprint density at radius 1 is 1.22 bits per heavy atom. The first-order valence-corrected chi connectivity index (χ1v) is 6.91. The molecule has 0 spiro atoms. The van der Waals surface area contributed by atoms with E-state index in [1.165, 1.54) is 13.5 Å². The SMILES string of the molecule is COc1cc(C=NNc2ccc(-c3cnco3)cc2)ccc1O. The zero-order valence-electron chi connectivity index (χ0n) is 12.4. The van der Waals surface area contributed by atoms with E-state index in [1.54, 1.807) is 30.6 Å². The minimum Gasteiger partial charge on any atom is -0.504 e. The number of hydrogen-bond acceptors (Lipinski definition) is 6. The molecule has 3 aromatic rings. The average Bonchev–Trinajstić information content (AvgIpc) is 3.11. The molecule has 0 aliphatic heterocycles. The van der Waals surface area contributed by atoms with Crippen molar-refractivity contribution in [1.82, 2.24) is 4.98 Å². The van der Waals surface area contributed by atoms with Crippen LogP contribution in [0.15, 0.2) is 64.6 Å². The number of rotatable bonds is 5. The van der Waals surface area contributed by atoms with Crippen LogP contribution in [0.1, 0.15) is 5.56 Å². The van der Waals surface area contributed by atoms with Crippen molar-refractivity contribution in [2.75, 3.05) is 12.5 Å². The van der Waals surface area contributed by atoms with Crippen LogP contribution in [0.4, 0.5) is 5.69 Å². The monoisotopic (exact) mass is 309 g/mol. The van der Waals surface area contributed by atoms with Crippen LogP contribution in [0.25, 0.3) is 11.3 Å². The van der Waals surface area contributed by atoms with Gasteiger partial charge in [-0.1, -0.05) is 0 Å². The lowest BCUT2D eigenvalue weighted by atomic mass is 10.2. The van der Waals surface area contributed by atoms with Gasteiger partial charge < -0.3 is 14.3 Å². The van der Waals surface area contributed by atoms with E-state index < -0.39 is 0 Å². The van der Waals surface area contributed by atoms with E-state index in [-0.39, 0.29) is 5.75 Å². The summed E-state index contributed by atoms with van der Waals surface area (Å²) in [5.74, 6) is 1.22. The van der Waals surface area contributed by atoms with Crippen LogP contribution in [0.3, 0.4) is 0 Å². The summed E-state index contributed by atoms with van der Waals surface area (Å²) in [5.41, 5.74) is 5.54. The molecule has 0 saturated carbocycles. The van der Waals surface area contributed by atoms with Gasteiger partial charge in [0.1, 0.15) is 0 Å². The summed E-state index contributed by atoms with van der Waals surface area (Å²) in [6, 6.07) is 12.6. The highest BCUT2D eigenvalue weighted by Gasteiger charge is 2.02. The van der Waals surface area contributed by atoms with E-state index in [2.05, 4.69) is 15.5 Å². The molecular formula is C17H15N3O3. The maximum Gasteiger partial charge on any atom is 0.181 e. The Bertz CT molecular complexity index is 796. The van der Waals surface area contributed by atoms with Gasteiger partial charge in [-0.15, -0.1) is 0 Å². The van der Waals surface area contributed by atoms with Gasteiger partial charge in [0.05, 0.1) is 25.2 Å².